The fourth-order valence-corrected chi connectivity index (χ4v) is 1.24. The van der Waals surface area contributed by atoms with E-state index >= 15 is 0 Å². The van der Waals surface area contributed by atoms with Crippen molar-refractivity contribution in [3.05, 3.63) is 0 Å². The second-order valence-corrected chi connectivity index (χ2v) is 4.42. The molecule has 0 aliphatic rings. The van der Waals surface area contributed by atoms with E-state index in [0.29, 0.717) is 5.41 Å². The molecule has 0 saturated carbocycles. The number of hydrogen-bond donors (Lipinski definition) is 1. The monoisotopic (exact) mass is 146 g/mol. The summed E-state index contributed by atoms with van der Waals surface area (Å²) < 4.78 is 0. The molecular weight excluding hydrogens is 128 g/mol. The zero-order valence-electron chi connectivity index (χ0n) is 6.94. The molecule has 0 bridgehead atoms. The van der Waals surface area contributed by atoms with Gasteiger partial charge >= 0.3 is 0 Å². The highest BCUT2D eigenvalue weighted by Crippen LogP contribution is 2.24. The summed E-state index contributed by atoms with van der Waals surface area (Å²) in [5, 5.41) is 0. The molecule has 0 spiro atoms. The van der Waals surface area contributed by atoms with Crippen LogP contribution >= 0.6 is 12.6 Å². The maximum atomic E-state index is 4.23. The summed E-state index contributed by atoms with van der Waals surface area (Å²) in [4.78, 5) is 0. The third kappa shape index (κ3) is 6.23. The first kappa shape index (κ1) is 9.35. The molecule has 0 fully saturated rings. The van der Waals surface area contributed by atoms with Gasteiger partial charge in [0.15, 0.2) is 0 Å². The largest absolute Gasteiger partial charge is 0.179 e. The molecule has 0 saturated heterocycles. The minimum Gasteiger partial charge on any atom is -0.179 e. The average Bonchev–Trinajstić information content (AvgIpc) is 1.62. The molecule has 1 heteroatoms. The lowest BCUT2D eigenvalue weighted by molar-refractivity contribution is 0.323. The van der Waals surface area contributed by atoms with Crippen molar-refractivity contribution >= 4 is 12.6 Å². The second-order valence-electron chi connectivity index (χ2n) is 4.05. The van der Waals surface area contributed by atoms with Crippen LogP contribution in [0.25, 0.3) is 0 Å². The van der Waals surface area contributed by atoms with E-state index in [9.17, 15) is 0 Å². The quantitative estimate of drug-likeness (QED) is 0.569. The van der Waals surface area contributed by atoms with Gasteiger partial charge in [0.1, 0.15) is 0 Å². The number of hydrogen-bond acceptors (Lipinski definition) is 1. The minimum absolute atomic E-state index is 0.474. The summed E-state index contributed by atoms with van der Waals surface area (Å²) in [5.41, 5.74) is 0.474. The molecule has 0 radical (unpaired) electrons. The van der Waals surface area contributed by atoms with Gasteiger partial charge in [-0.2, -0.15) is 12.6 Å². The van der Waals surface area contributed by atoms with Gasteiger partial charge in [0, 0.05) is 0 Å². The Bertz CT molecular complexity index is 71.1. The minimum atomic E-state index is 0.474. The maximum absolute atomic E-state index is 4.23. The van der Waals surface area contributed by atoms with E-state index in [1.807, 2.05) is 0 Å². The average molecular weight is 146 g/mol. The molecule has 0 amide bonds. The topological polar surface area (TPSA) is 0 Å². The highest BCUT2D eigenvalue weighted by molar-refractivity contribution is 7.80. The Kier molecular flexibility index (Phi) is 3.64. The molecule has 0 rings (SSSR count). The normalized spacial score (nSPS) is 15.7. The van der Waals surface area contributed by atoms with Gasteiger partial charge in [-0.05, 0) is 23.5 Å². The molecule has 0 aromatic carbocycles. The van der Waals surface area contributed by atoms with Gasteiger partial charge < -0.3 is 0 Å². The molecule has 0 aromatic heterocycles. The SMILES string of the molecule is CC(CS)CC(C)(C)C. The van der Waals surface area contributed by atoms with E-state index in [0.717, 1.165) is 11.7 Å². The molecule has 1 unspecified atom stereocenters. The van der Waals surface area contributed by atoms with E-state index in [2.05, 4.69) is 40.3 Å². The highest BCUT2D eigenvalue weighted by atomic mass is 32.1. The Morgan fingerprint density at radius 2 is 1.78 bits per heavy atom. The van der Waals surface area contributed by atoms with Crippen LogP contribution < -0.4 is 0 Å². The van der Waals surface area contributed by atoms with Crippen molar-refractivity contribution in [2.24, 2.45) is 11.3 Å². The summed E-state index contributed by atoms with van der Waals surface area (Å²) in [5.74, 6) is 1.77. The first-order valence-corrected chi connectivity index (χ1v) is 4.20. The fourth-order valence-electron chi connectivity index (χ4n) is 1.11. The molecule has 0 nitrogen and oxygen atoms in total. The molecule has 0 aliphatic carbocycles. The zero-order chi connectivity index (χ0) is 7.49. The van der Waals surface area contributed by atoms with Crippen molar-refractivity contribution in [1.29, 1.82) is 0 Å². The smallest absolute Gasteiger partial charge is 0.00719 e. The number of thiol groups is 1. The Hall–Kier alpha value is 0.350. The van der Waals surface area contributed by atoms with Gasteiger partial charge in [0.05, 0.1) is 0 Å². The van der Waals surface area contributed by atoms with Crippen molar-refractivity contribution in [2.75, 3.05) is 5.75 Å². The van der Waals surface area contributed by atoms with E-state index in [4.69, 9.17) is 0 Å². The van der Waals surface area contributed by atoms with E-state index < -0.39 is 0 Å². The van der Waals surface area contributed by atoms with Crippen LogP contribution in [-0.4, -0.2) is 5.75 Å². The summed E-state index contributed by atoms with van der Waals surface area (Å²) in [6.45, 7) is 9.06. The van der Waals surface area contributed by atoms with Gasteiger partial charge in [0.25, 0.3) is 0 Å². The van der Waals surface area contributed by atoms with E-state index in [1.54, 1.807) is 0 Å². The Morgan fingerprint density at radius 1 is 1.33 bits per heavy atom. The van der Waals surface area contributed by atoms with Gasteiger partial charge in [0.2, 0.25) is 0 Å². The van der Waals surface area contributed by atoms with Gasteiger partial charge in [-0.1, -0.05) is 27.7 Å². The lowest BCUT2D eigenvalue weighted by Crippen LogP contribution is -2.11. The van der Waals surface area contributed by atoms with Crippen LogP contribution in [0, 0.1) is 11.3 Å². The number of rotatable bonds is 2. The summed E-state index contributed by atoms with van der Waals surface area (Å²) in [6, 6.07) is 0. The van der Waals surface area contributed by atoms with Crippen LogP contribution in [0.15, 0.2) is 0 Å². The third-order valence-electron chi connectivity index (χ3n) is 1.27. The fraction of sp³-hybridized carbons (Fsp3) is 1.00. The van der Waals surface area contributed by atoms with Crippen LogP contribution in [-0.2, 0) is 0 Å². The lowest BCUT2D eigenvalue weighted by Gasteiger charge is -2.21. The van der Waals surface area contributed by atoms with E-state index in [1.165, 1.54) is 6.42 Å². The molecule has 1 atom stereocenters. The molecule has 0 aromatic rings. The molecule has 9 heavy (non-hydrogen) atoms. The molecule has 0 heterocycles. The molecule has 56 valence electrons. The second kappa shape index (κ2) is 3.50. The summed E-state index contributed by atoms with van der Waals surface area (Å²) in [7, 11) is 0. The van der Waals surface area contributed by atoms with Crippen molar-refractivity contribution in [1.82, 2.24) is 0 Å². The van der Waals surface area contributed by atoms with Crippen LogP contribution in [0.5, 0.6) is 0 Å². The van der Waals surface area contributed by atoms with Crippen molar-refractivity contribution in [2.45, 2.75) is 34.1 Å². The first-order chi connectivity index (χ1) is 3.95. The van der Waals surface area contributed by atoms with Gasteiger partial charge in [-0.25, -0.2) is 0 Å². The standard InChI is InChI=1S/C8H18S/c1-7(6-9)5-8(2,3)4/h7,9H,5-6H2,1-4H3. The predicted octanol–water partition coefficient (Wildman–Crippen LogP) is 2.99. The van der Waals surface area contributed by atoms with Crippen molar-refractivity contribution in [3.63, 3.8) is 0 Å². The van der Waals surface area contributed by atoms with Crippen LogP contribution in [0.3, 0.4) is 0 Å². The third-order valence-corrected chi connectivity index (χ3v) is 1.90. The maximum Gasteiger partial charge on any atom is -0.00719 e. The predicted molar refractivity (Wildman–Crippen MR) is 47.1 cm³/mol. The van der Waals surface area contributed by atoms with Crippen LogP contribution in [0.4, 0.5) is 0 Å². The van der Waals surface area contributed by atoms with Crippen molar-refractivity contribution in [3.8, 4) is 0 Å². The highest BCUT2D eigenvalue weighted by Gasteiger charge is 2.13. The van der Waals surface area contributed by atoms with Crippen LogP contribution in [0.1, 0.15) is 34.1 Å². The summed E-state index contributed by atoms with van der Waals surface area (Å²) in [6.07, 6.45) is 1.27. The first-order valence-electron chi connectivity index (χ1n) is 3.56. The molecule has 0 aliphatic heterocycles. The Balaban J connectivity index is 3.47. The summed E-state index contributed by atoms with van der Waals surface area (Å²) >= 11 is 4.23. The molecular formula is C8H18S. The zero-order valence-corrected chi connectivity index (χ0v) is 7.83. The Morgan fingerprint density at radius 3 is 1.89 bits per heavy atom. The molecule has 0 N–H and O–H groups in total. The van der Waals surface area contributed by atoms with Crippen LogP contribution in [0.2, 0.25) is 0 Å². The van der Waals surface area contributed by atoms with Crippen molar-refractivity contribution < 1.29 is 0 Å². The van der Waals surface area contributed by atoms with Gasteiger partial charge in [-0.3, -0.25) is 0 Å². The Labute approximate surface area is 64.4 Å². The lowest BCUT2D eigenvalue weighted by atomic mass is 9.86. The van der Waals surface area contributed by atoms with E-state index in [-0.39, 0.29) is 0 Å². The van der Waals surface area contributed by atoms with Gasteiger partial charge in [-0.15, -0.1) is 0 Å².